The standard InChI is InChI=1S/C24H32N2O4/c1-15(2)21-8-7-20(14-16(21)3)30-18(5)24(28)26-12-10-19(11-13-26)25-23(27)22-9-6-17(4)29-22/h6-9,14-15,18-19H,10-13H2,1-5H3,(H,25,27). The van der Waals surface area contributed by atoms with Gasteiger partial charge in [-0.25, -0.2) is 0 Å². The second-order valence-electron chi connectivity index (χ2n) is 8.42. The second kappa shape index (κ2) is 9.37. The maximum Gasteiger partial charge on any atom is 0.287 e. The predicted octanol–water partition coefficient (Wildman–Crippen LogP) is 4.21. The minimum Gasteiger partial charge on any atom is -0.481 e. The molecule has 1 aromatic carbocycles. The van der Waals surface area contributed by atoms with Gasteiger partial charge in [0.15, 0.2) is 11.9 Å². The molecule has 30 heavy (non-hydrogen) atoms. The van der Waals surface area contributed by atoms with Crippen molar-refractivity contribution in [2.75, 3.05) is 13.1 Å². The summed E-state index contributed by atoms with van der Waals surface area (Å²) in [5.41, 5.74) is 2.46. The molecule has 0 saturated carbocycles. The van der Waals surface area contributed by atoms with Crippen LogP contribution in [0.15, 0.2) is 34.7 Å². The van der Waals surface area contributed by atoms with Crippen molar-refractivity contribution < 1.29 is 18.7 Å². The summed E-state index contributed by atoms with van der Waals surface area (Å²) in [6.45, 7) is 11.2. The minimum atomic E-state index is -0.550. The quantitative estimate of drug-likeness (QED) is 0.772. The van der Waals surface area contributed by atoms with E-state index in [-0.39, 0.29) is 17.9 Å². The van der Waals surface area contributed by atoms with E-state index in [1.165, 1.54) is 11.1 Å². The van der Waals surface area contributed by atoms with E-state index >= 15 is 0 Å². The summed E-state index contributed by atoms with van der Waals surface area (Å²) in [7, 11) is 0. The highest BCUT2D eigenvalue weighted by molar-refractivity contribution is 5.91. The van der Waals surface area contributed by atoms with E-state index in [0.717, 1.165) is 0 Å². The summed E-state index contributed by atoms with van der Waals surface area (Å²) in [6.07, 6.45) is 0.879. The lowest BCUT2D eigenvalue weighted by molar-refractivity contribution is -0.139. The van der Waals surface area contributed by atoms with Crippen LogP contribution in [-0.4, -0.2) is 41.9 Å². The van der Waals surface area contributed by atoms with Crippen molar-refractivity contribution in [3.05, 3.63) is 53.0 Å². The van der Waals surface area contributed by atoms with E-state index < -0.39 is 6.10 Å². The maximum atomic E-state index is 12.8. The summed E-state index contributed by atoms with van der Waals surface area (Å²) in [6, 6.07) is 9.49. The van der Waals surface area contributed by atoms with Crippen molar-refractivity contribution in [2.45, 2.75) is 65.5 Å². The summed E-state index contributed by atoms with van der Waals surface area (Å²) in [5, 5.41) is 3.00. The van der Waals surface area contributed by atoms with Crippen molar-refractivity contribution in [3.63, 3.8) is 0 Å². The molecule has 2 heterocycles. The number of likely N-dealkylation sites (tertiary alicyclic amines) is 1. The fourth-order valence-corrected chi connectivity index (χ4v) is 3.94. The molecule has 1 aliphatic heterocycles. The van der Waals surface area contributed by atoms with Gasteiger partial charge in [-0.1, -0.05) is 19.9 Å². The lowest BCUT2D eigenvalue weighted by atomic mass is 9.98. The summed E-state index contributed by atoms with van der Waals surface area (Å²) < 4.78 is 11.3. The number of benzene rings is 1. The van der Waals surface area contributed by atoms with E-state index in [4.69, 9.17) is 9.15 Å². The molecular formula is C24H32N2O4. The number of nitrogens with one attached hydrogen (secondary N) is 1. The Kier molecular flexibility index (Phi) is 6.85. The van der Waals surface area contributed by atoms with E-state index in [9.17, 15) is 9.59 Å². The number of rotatable bonds is 6. The van der Waals surface area contributed by atoms with Crippen LogP contribution >= 0.6 is 0 Å². The van der Waals surface area contributed by atoms with Crippen molar-refractivity contribution in [2.24, 2.45) is 0 Å². The topological polar surface area (TPSA) is 71.8 Å². The van der Waals surface area contributed by atoms with E-state index in [0.29, 0.717) is 49.1 Å². The summed E-state index contributed by atoms with van der Waals surface area (Å²) >= 11 is 0. The summed E-state index contributed by atoms with van der Waals surface area (Å²) in [5.74, 6) is 1.98. The van der Waals surface area contributed by atoms with Crippen LogP contribution in [0.1, 0.15) is 67.0 Å². The fraction of sp³-hybridized carbons (Fsp3) is 0.500. The molecular weight excluding hydrogens is 380 g/mol. The van der Waals surface area contributed by atoms with Crippen LogP contribution in [0.2, 0.25) is 0 Å². The van der Waals surface area contributed by atoms with Crippen LogP contribution in [0, 0.1) is 13.8 Å². The lowest BCUT2D eigenvalue weighted by Crippen LogP contribution is -2.49. The maximum absolute atomic E-state index is 12.8. The zero-order chi connectivity index (χ0) is 21.8. The number of carbonyl (C=O) groups excluding carboxylic acids is 2. The van der Waals surface area contributed by atoms with Gasteiger partial charge in [-0.2, -0.15) is 0 Å². The van der Waals surface area contributed by atoms with Crippen LogP contribution in [0.3, 0.4) is 0 Å². The number of hydrogen-bond acceptors (Lipinski definition) is 4. The Hall–Kier alpha value is -2.76. The first-order valence-electron chi connectivity index (χ1n) is 10.7. The molecule has 1 atom stereocenters. The molecule has 2 aromatic rings. The molecule has 3 rings (SSSR count). The molecule has 1 unspecified atom stereocenters. The highest BCUT2D eigenvalue weighted by atomic mass is 16.5. The van der Waals surface area contributed by atoms with Crippen LogP contribution in [0.5, 0.6) is 5.75 Å². The molecule has 0 bridgehead atoms. The number of nitrogens with zero attached hydrogens (tertiary/aromatic N) is 1. The first kappa shape index (κ1) is 21.9. The SMILES string of the molecule is Cc1ccc(C(=O)NC2CCN(C(=O)C(C)Oc3ccc(C(C)C)c(C)c3)CC2)o1. The summed E-state index contributed by atoms with van der Waals surface area (Å²) in [4.78, 5) is 26.9. The average molecular weight is 413 g/mol. The highest BCUT2D eigenvalue weighted by Gasteiger charge is 2.28. The molecule has 1 aliphatic rings. The predicted molar refractivity (Wildman–Crippen MR) is 116 cm³/mol. The molecule has 0 spiro atoms. The second-order valence-corrected chi connectivity index (χ2v) is 8.42. The highest BCUT2D eigenvalue weighted by Crippen LogP contribution is 2.24. The molecule has 6 heteroatoms. The molecule has 0 radical (unpaired) electrons. The molecule has 6 nitrogen and oxygen atoms in total. The van der Waals surface area contributed by atoms with Gasteiger partial charge in [0.1, 0.15) is 11.5 Å². The molecule has 1 aromatic heterocycles. The molecule has 0 aliphatic carbocycles. The first-order chi connectivity index (χ1) is 14.2. The van der Waals surface area contributed by atoms with Gasteiger partial charge in [0.2, 0.25) is 0 Å². The Morgan fingerprint density at radius 1 is 1.10 bits per heavy atom. The average Bonchev–Trinajstić information content (AvgIpc) is 3.14. The van der Waals surface area contributed by atoms with Crippen molar-refractivity contribution in [1.29, 1.82) is 0 Å². The van der Waals surface area contributed by atoms with Gasteiger partial charge in [0, 0.05) is 19.1 Å². The van der Waals surface area contributed by atoms with E-state index in [1.807, 2.05) is 24.0 Å². The lowest BCUT2D eigenvalue weighted by Gasteiger charge is -2.33. The van der Waals surface area contributed by atoms with Gasteiger partial charge in [0.05, 0.1) is 0 Å². The number of carbonyl (C=O) groups is 2. The zero-order valence-corrected chi connectivity index (χ0v) is 18.5. The van der Waals surface area contributed by atoms with Gasteiger partial charge < -0.3 is 19.4 Å². The van der Waals surface area contributed by atoms with Gasteiger partial charge in [-0.15, -0.1) is 0 Å². The molecule has 1 N–H and O–H groups in total. The number of amides is 2. The van der Waals surface area contributed by atoms with Crippen molar-refractivity contribution >= 4 is 11.8 Å². The van der Waals surface area contributed by atoms with Gasteiger partial charge in [-0.05, 0) is 74.9 Å². The third-order valence-corrected chi connectivity index (χ3v) is 5.63. The smallest absolute Gasteiger partial charge is 0.287 e. The Bertz CT molecular complexity index is 894. The number of ether oxygens (including phenoxy) is 1. The number of hydrogen-bond donors (Lipinski definition) is 1. The zero-order valence-electron chi connectivity index (χ0n) is 18.5. The molecule has 1 fully saturated rings. The van der Waals surface area contributed by atoms with Crippen LogP contribution in [0.4, 0.5) is 0 Å². The van der Waals surface area contributed by atoms with Crippen LogP contribution in [0.25, 0.3) is 0 Å². The van der Waals surface area contributed by atoms with Gasteiger partial charge in [-0.3, -0.25) is 9.59 Å². The number of furan rings is 1. The third kappa shape index (κ3) is 5.23. The minimum absolute atomic E-state index is 0.0213. The Balaban J connectivity index is 1.49. The molecule has 162 valence electrons. The van der Waals surface area contributed by atoms with E-state index in [1.54, 1.807) is 19.1 Å². The largest absolute Gasteiger partial charge is 0.481 e. The van der Waals surface area contributed by atoms with Gasteiger partial charge >= 0.3 is 0 Å². The van der Waals surface area contributed by atoms with Crippen LogP contribution < -0.4 is 10.1 Å². The Morgan fingerprint density at radius 2 is 1.80 bits per heavy atom. The monoisotopic (exact) mass is 412 g/mol. The van der Waals surface area contributed by atoms with Crippen molar-refractivity contribution in [3.8, 4) is 5.75 Å². The van der Waals surface area contributed by atoms with Gasteiger partial charge in [0.25, 0.3) is 11.8 Å². The molecule has 2 amide bonds. The van der Waals surface area contributed by atoms with E-state index in [2.05, 4.69) is 32.2 Å². The Labute approximate surface area is 178 Å². The first-order valence-corrected chi connectivity index (χ1v) is 10.7. The Morgan fingerprint density at radius 3 is 2.37 bits per heavy atom. The van der Waals surface area contributed by atoms with Crippen molar-refractivity contribution in [1.82, 2.24) is 10.2 Å². The number of piperidine rings is 1. The third-order valence-electron chi connectivity index (χ3n) is 5.63. The van der Waals surface area contributed by atoms with Crippen LogP contribution in [-0.2, 0) is 4.79 Å². The fourth-order valence-electron chi connectivity index (χ4n) is 3.94. The number of aryl methyl sites for hydroxylation is 2. The molecule has 1 saturated heterocycles. The normalized spacial score (nSPS) is 15.9.